The van der Waals surface area contributed by atoms with Crippen LogP contribution < -0.4 is 10.1 Å². The first kappa shape index (κ1) is 28.4. The number of H-pyrrole nitrogens is 1. The quantitative estimate of drug-likeness (QED) is 0.137. The van der Waals surface area contributed by atoms with E-state index in [0.717, 1.165) is 27.5 Å². The first-order chi connectivity index (χ1) is 19.7. The highest BCUT2D eigenvalue weighted by Gasteiger charge is 2.24. The summed E-state index contributed by atoms with van der Waals surface area (Å²) in [6.07, 6.45) is 2.49. The van der Waals surface area contributed by atoms with Gasteiger partial charge in [0.1, 0.15) is 17.3 Å². The molecule has 3 aromatic carbocycles. The van der Waals surface area contributed by atoms with Crippen LogP contribution in [0.5, 0.6) is 5.75 Å². The Hall–Kier alpha value is -4.08. The summed E-state index contributed by atoms with van der Waals surface area (Å²) in [4.78, 5) is 28.6. The minimum absolute atomic E-state index is 0.125. The summed E-state index contributed by atoms with van der Waals surface area (Å²) in [6, 6.07) is 20.7. The minimum Gasteiger partial charge on any atom is -0.493 e. The monoisotopic (exact) mass is 592 g/mol. The summed E-state index contributed by atoms with van der Waals surface area (Å²) in [6.45, 7) is 1.93. The Kier molecular flexibility index (Phi) is 8.46. The van der Waals surface area contributed by atoms with Crippen LogP contribution >= 0.6 is 11.6 Å². The predicted molar refractivity (Wildman–Crippen MR) is 160 cm³/mol. The number of ether oxygens (including phenoxy) is 1. The van der Waals surface area contributed by atoms with Crippen LogP contribution in [-0.4, -0.2) is 49.7 Å². The van der Waals surface area contributed by atoms with Gasteiger partial charge in [0.25, 0.3) is 5.91 Å². The van der Waals surface area contributed by atoms with E-state index < -0.39 is 27.3 Å². The Morgan fingerprint density at radius 1 is 1.02 bits per heavy atom. The fourth-order valence-corrected chi connectivity index (χ4v) is 6.13. The lowest BCUT2D eigenvalue weighted by molar-refractivity contribution is 0.0954. The van der Waals surface area contributed by atoms with Crippen molar-refractivity contribution in [3.63, 3.8) is 0 Å². The number of Topliss-reactive ketones (excluding diaryl/α,β-unsaturated/α-hetero) is 1. The van der Waals surface area contributed by atoms with Gasteiger partial charge in [0.2, 0.25) is 0 Å². The lowest BCUT2D eigenvalue weighted by atomic mass is 10.0. The Bertz CT molecular complexity index is 1830. The van der Waals surface area contributed by atoms with Crippen LogP contribution in [0.4, 0.5) is 0 Å². The van der Waals surface area contributed by atoms with Gasteiger partial charge >= 0.3 is 0 Å². The molecule has 0 unspecified atom stereocenters. The summed E-state index contributed by atoms with van der Waals surface area (Å²) < 4.78 is 36.8. The zero-order valence-electron chi connectivity index (χ0n) is 22.4. The Balaban J connectivity index is 1.25. The molecule has 1 amide bonds. The van der Waals surface area contributed by atoms with Crippen LogP contribution in [-0.2, 0) is 16.3 Å². The van der Waals surface area contributed by atoms with Crippen molar-refractivity contribution in [3.8, 4) is 5.75 Å². The van der Waals surface area contributed by atoms with Gasteiger partial charge in [-0.15, -0.1) is 0 Å². The van der Waals surface area contributed by atoms with Crippen molar-refractivity contribution in [3.05, 3.63) is 101 Å². The van der Waals surface area contributed by atoms with E-state index in [4.69, 9.17) is 20.8 Å². The van der Waals surface area contributed by atoms with Gasteiger partial charge in [-0.25, -0.2) is 8.42 Å². The van der Waals surface area contributed by atoms with Gasteiger partial charge in [0.15, 0.2) is 15.6 Å². The highest BCUT2D eigenvalue weighted by Crippen LogP contribution is 2.28. The van der Waals surface area contributed by atoms with Gasteiger partial charge < -0.3 is 19.5 Å². The van der Waals surface area contributed by atoms with E-state index in [1.807, 2.05) is 48.5 Å². The van der Waals surface area contributed by atoms with E-state index in [9.17, 15) is 18.0 Å². The minimum atomic E-state index is -3.81. The van der Waals surface area contributed by atoms with E-state index in [1.165, 1.54) is 12.3 Å². The number of aromatic amines is 1. The summed E-state index contributed by atoms with van der Waals surface area (Å²) in [5.41, 5.74) is 1.96. The molecule has 2 heterocycles. The molecule has 0 atom stereocenters. The number of hydrogen-bond acceptors (Lipinski definition) is 6. The third kappa shape index (κ3) is 6.64. The van der Waals surface area contributed by atoms with Gasteiger partial charge in [0, 0.05) is 27.9 Å². The van der Waals surface area contributed by atoms with E-state index in [-0.39, 0.29) is 18.0 Å². The fourth-order valence-electron chi connectivity index (χ4n) is 4.86. The van der Waals surface area contributed by atoms with Crippen LogP contribution in [0.2, 0.25) is 5.02 Å². The number of carbonyl (C=O) groups excluding carboxylic acids is 2. The number of nitrogens with one attached hydrogen (secondary N) is 2. The van der Waals surface area contributed by atoms with Crippen molar-refractivity contribution < 1.29 is 27.2 Å². The third-order valence-electron chi connectivity index (χ3n) is 6.88. The molecule has 5 rings (SSSR count). The number of aromatic nitrogens is 1. The van der Waals surface area contributed by atoms with E-state index >= 15 is 0 Å². The zero-order valence-corrected chi connectivity index (χ0v) is 24.0. The largest absolute Gasteiger partial charge is 0.493 e. The smallest absolute Gasteiger partial charge is 0.254 e. The zero-order chi connectivity index (χ0) is 29.0. The Labute approximate surface area is 242 Å². The van der Waals surface area contributed by atoms with Crippen molar-refractivity contribution in [2.45, 2.75) is 19.8 Å². The van der Waals surface area contributed by atoms with Gasteiger partial charge in [-0.3, -0.25) is 9.59 Å². The normalized spacial score (nSPS) is 11.7. The Morgan fingerprint density at radius 3 is 2.63 bits per heavy atom. The number of aryl methyl sites for hydroxylation is 2. The number of amides is 1. The van der Waals surface area contributed by atoms with Gasteiger partial charge in [-0.1, -0.05) is 54.1 Å². The molecule has 8 nitrogen and oxygen atoms in total. The van der Waals surface area contributed by atoms with Crippen LogP contribution in [0.25, 0.3) is 21.7 Å². The van der Waals surface area contributed by atoms with E-state index in [2.05, 4.69) is 10.3 Å². The SMILES string of the molecule is Cc1occc1C(=O)NCCS(=O)(=O)CC(=O)c1[nH]c2cc(Cl)ccc2c1CCCOc1cccc2ccccc12. The number of fused-ring (bicyclic) bond motifs is 2. The molecule has 2 aromatic heterocycles. The van der Waals surface area contributed by atoms with Crippen LogP contribution in [0.3, 0.4) is 0 Å². The number of benzene rings is 3. The van der Waals surface area contributed by atoms with Crippen LogP contribution in [0.1, 0.15) is 38.6 Å². The van der Waals surface area contributed by atoms with Crippen molar-refractivity contribution >= 4 is 54.8 Å². The molecular formula is C31H29ClN2O6S. The average Bonchev–Trinajstić information content (AvgIpc) is 3.53. The highest BCUT2D eigenvalue weighted by atomic mass is 35.5. The molecule has 0 saturated heterocycles. The molecule has 0 spiro atoms. The maximum Gasteiger partial charge on any atom is 0.254 e. The molecule has 0 bridgehead atoms. The van der Waals surface area contributed by atoms with Gasteiger partial charge in [-0.2, -0.15) is 0 Å². The maximum absolute atomic E-state index is 13.3. The number of furan rings is 1. The predicted octanol–water partition coefficient (Wildman–Crippen LogP) is 5.92. The molecule has 2 N–H and O–H groups in total. The molecule has 10 heteroatoms. The van der Waals surface area contributed by atoms with E-state index in [0.29, 0.717) is 41.3 Å². The maximum atomic E-state index is 13.3. The number of rotatable bonds is 12. The van der Waals surface area contributed by atoms with Crippen LogP contribution in [0.15, 0.2) is 77.4 Å². The lowest BCUT2D eigenvalue weighted by Gasteiger charge is -2.10. The first-order valence-corrected chi connectivity index (χ1v) is 15.4. The van der Waals surface area contributed by atoms with Crippen molar-refractivity contribution in [2.24, 2.45) is 0 Å². The van der Waals surface area contributed by atoms with Crippen molar-refractivity contribution in [2.75, 3.05) is 24.7 Å². The number of hydrogen-bond donors (Lipinski definition) is 2. The summed E-state index contributed by atoms with van der Waals surface area (Å²) in [5.74, 6) is -0.812. The Morgan fingerprint density at radius 2 is 1.83 bits per heavy atom. The number of ketones is 1. The molecule has 0 radical (unpaired) electrons. The second-order valence-corrected chi connectivity index (χ2v) is 12.4. The van der Waals surface area contributed by atoms with Crippen molar-refractivity contribution in [1.29, 1.82) is 0 Å². The fraction of sp³-hybridized carbons (Fsp3) is 0.226. The average molecular weight is 593 g/mol. The molecule has 0 aliphatic carbocycles. The molecule has 0 fully saturated rings. The molecule has 212 valence electrons. The summed E-state index contributed by atoms with van der Waals surface area (Å²) in [5, 5.41) is 5.98. The molecule has 0 aliphatic rings. The molecule has 0 saturated carbocycles. The summed E-state index contributed by atoms with van der Waals surface area (Å²) in [7, 11) is -3.81. The van der Waals surface area contributed by atoms with Gasteiger partial charge in [-0.05, 0) is 55.0 Å². The van der Waals surface area contributed by atoms with Crippen LogP contribution in [0, 0.1) is 6.92 Å². The second-order valence-electron chi connectivity index (χ2n) is 9.76. The first-order valence-electron chi connectivity index (χ1n) is 13.2. The number of sulfone groups is 1. The van der Waals surface area contributed by atoms with E-state index in [1.54, 1.807) is 19.1 Å². The lowest BCUT2D eigenvalue weighted by Crippen LogP contribution is -2.31. The number of halogens is 1. The van der Waals surface area contributed by atoms with Crippen molar-refractivity contribution in [1.82, 2.24) is 10.3 Å². The second kappa shape index (κ2) is 12.2. The molecule has 41 heavy (non-hydrogen) atoms. The van der Waals surface area contributed by atoms with Gasteiger partial charge in [0.05, 0.1) is 29.9 Å². The summed E-state index contributed by atoms with van der Waals surface area (Å²) >= 11 is 6.18. The third-order valence-corrected chi connectivity index (χ3v) is 8.64. The molecular weight excluding hydrogens is 564 g/mol. The molecule has 0 aliphatic heterocycles. The standard InChI is InChI=1S/C31H29ClN2O6S/c1-20-23(13-16-39-20)31(36)33-14-17-41(37,38)19-28(35)30-26(25-12-11-22(32)18-27(25)34-30)9-5-15-40-29-10-4-7-21-6-2-3-8-24(21)29/h2-4,6-8,10-13,16,18,34H,5,9,14-15,17,19H2,1H3,(H,33,36). The molecule has 5 aromatic rings. The topological polar surface area (TPSA) is 118 Å². The number of carbonyl (C=O) groups is 2. The highest BCUT2D eigenvalue weighted by molar-refractivity contribution is 7.92.